The zero-order valence-electron chi connectivity index (χ0n) is 39.0. The van der Waals surface area contributed by atoms with Crippen molar-refractivity contribution in [2.45, 2.75) is 204 Å². The van der Waals surface area contributed by atoms with Gasteiger partial charge in [-0.25, -0.2) is 4.79 Å². The number of rotatable bonds is 8. The van der Waals surface area contributed by atoms with E-state index in [1.54, 1.807) is 0 Å². The van der Waals surface area contributed by atoms with Crippen LogP contribution in [-0.4, -0.2) is 180 Å². The quantitative estimate of drug-likeness (QED) is 0.0856. The first kappa shape index (κ1) is 50.5. The lowest BCUT2D eigenvalue weighted by molar-refractivity contribution is -0.366. The van der Waals surface area contributed by atoms with E-state index in [4.69, 9.17) is 28.4 Å². The third-order valence-electron chi connectivity index (χ3n) is 19.1. The molecule has 0 aromatic carbocycles. The van der Waals surface area contributed by atoms with Gasteiger partial charge in [-0.1, -0.05) is 60.1 Å². The fraction of sp³-hybridized carbons (Fsp3) is 0.915. The Labute approximate surface area is 385 Å². The van der Waals surface area contributed by atoms with Crippen molar-refractivity contribution in [3.05, 3.63) is 11.6 Å². The number of carbonyl (C=O) groups excluding carboxylic acids is 1. The smallest absolute Gasteiger partial charge is 0.335 e. The van der Waals surface area contributed by atoms with Crippen molar-refractivity contribution in [2.75, 3.05) is 13.2 Å². The van der Waals surface area contributed by atoms with Crippen LogP contribution in [0.5, 0.6) is 0 Å². The Balaban J connectivity index is 1.06. The van der Waals surface area contributed by atoms with Crippen LogP contribution < -0.4 is 0 Å². The largest absolute Gasteiger partial charge is 0.479 e. The zero-order valence-corrected chi connectivity index (χ0v) is 39.0. The molecule has 0 aromatic heterocycles. The summed E-state index contributed by atoms with van der Waals surface area (Å²) >= 11 is 0. The number of carboxylic acid groups (broad SMARTS) is 1. The van der Waals surface area contributed by atoms with E-state index in [-0.39, 0.29) is 40.4 Å². The summed E-state index contributed by atoms with van der Waals surface area (Å²) in [5.74, 6) is -2.27. The summed E-state index contributed by atoms with van der Waals surface area (Å²) in [7, 11) is 0. The fourth-order valence-corrected chi connectivity index (χ4v) is 14.7. The molecular formula is C47H74O19. The molecule has 8 rings (SSSR count). The van der Waals surface area contributed by atoms with E-state index in [0.29, 0.717) is 38.5 Å². The monoisotopic (exact) mass is 942 g/mol. The number of allylic oxidation sites excluding steroid dienone is 2. The molecule has 7 fully saturated rings. The van der Waals surface area contributed by atoms with Crippen LogP contribution in [0.4, 0.5) is 0 Å². The van der Waals surface area contributed by atoms with Crippen molar-refractivity contribution in [1.29, 1.82) is 0 Å². The number of fused-ring (bicyclic) bond motifs is 7. The molecule has 0 unspecified atom stereocenters. The number of aliphatic carboxylic acids is 1. The number of hydrogen-bond donors (Lipinski definition) is 11. The van der Waals surface area contributed by atoms with E-state index < -0.39 is 140 Å². The summed E-state index contributed by atoms with van der Waals surface area (Å²) in [6.45, 7) is 14.2. The highest BCUT2D eigenvalue weighted by Crippen LogP contribution is 2.76. The first-order valence-electron chi connectivity index (χ1n) is 23.8. The number of aliphatic hydroxyl groups excluding tert-OH is 10. The Kier molecular flexibility index (Phi) is 13.3. The van der Waals surface area contributed by atoms with E-state index in [0.717, 1.165) is 18.4 Å². The van der Waals surface area contributed by atoms with Crippen LogP contribution in [0.15, 0.2) is 11.6 Å². The number of carbonyl (C=O) groups is 2. The number of esters is 1. The van der Waals surface area contributed by atoms with E-state index >= 15 is 0 Å². The molecule has 66 heavy (non-hydrogen) atoms. The molecule has 0 aromatic rings. The minimum atomic E-state index is -1.93. The highest BCUT2D eigenvalue weighted by atomic mass is 16.8. The molecule has 0 radical (unpaired) electrons. The predicted octanol–water partition coefficient (Wildman–Crippen LogP) is -0.157. The van der Waals surface area contributed by atoms with Crippen molar-refractivity contribution in [1.82, 2.24) is 0 Å². The van der Waals surface area contributed by atoms with Gasteiger partial charge in [-0.2, -0.15) is 0 Å². The highest BCUT2D eigenvalue weighted by molar-refractivity contribution is 5.79. The van der Waals surface area contributed by atoms with Crippen LogP contribution in [0.3, 0.4) is 0 Å². The number of carboxylic acids is 1. The molecule has 11 N–H and O–H groups in total. The van der Waals surface area contributed by atoms with E-state index in [2.05, 4.69) is 40.7 Å². The summed E-state index contributed by atoms with van der Waals surface area (Å²) in [4.78, 5) is 26.9. The molecule has 19 heteroatoms. The topological polar surface area (TPSA) is 312 Å². The second-order valence-electron chi connectivity index (χ2n) is 23.1. The molecule has 23 atom stereocenters. The first-order valence-corrected chi connectivity index (χ1v) is 23.8. The standard InChI is InChI=1S/C47H74O19/c1-42(2)16-21-20-8-9-25-44(5)12-11-27(63-40-36(32(55)31(54)35(64-40)37(58)59)65-38-33(56)28(51)22(49)19-61-38)43(3,4)24(44)10-13-46(25,7)45(20,6)14-15-47(21,17-26(42)50)41(60)66-39-34(57)30(53)29(52)23(18-48)62-39/h8,21-36,38-40,48-57H,9-19H2,1-7H3,(H,58,59)/t21-,22-,23+,24-,25+,26-,27-,28-,29+,30-,31-,32-,33+,34+,35-,36+,38+,39-,40+,44-,45+,46+,47+/m0/s1. The lowest BCUT2D eigenvalue weighted by Crippen LogP contribution is -2.67. The molecule has 5 aliphatic carbocycles. The van der Waals surface area contributed by atoms with Gasteiger partial charge in [0.1, 0.15) is 61.0 Å². The molecular weight excluding hydrogens is 868 g/mol. The second-order valence-corrected chi connectivity index (χ2v) is 23.1. The molecule has 376 valence electrons. The van der Waals surface area contributed by atoms with Crippen molar-refractivity contribution >= 4 is 11.9 Å². The SMILES string of the molecule is CC1(C)C[C@H]2C3=CC[C@@H]4[C@@]5(C)CC[C@H](O[C@@H]6O[C@H](C(=O)O)[C@@H](O)[C@H](O)[C@H]6O[C@H]6OC[C@H](O)[C@H](O)[C@H]6O)C(C)(C)[C@@H]5CC[C@@]4(C)[C@]3(C)CC[C@@]2(C(=O)O[C@@H]2O[C@H](CO)[C@@H](O)[C@H](O)[C@H]2O)C[C@@H]1O. The van der Waals surface area contributed by atoms with Gasteiger partial charge in [-0.3, -0.25) is 4.79 Å². The van der Waals surface area contributed by atoms with E-state index in [9.17, 15) is 65.8 Å². The Bertz CT molecular complexity index is 1860. The van der Waals surface area contributed by atoms with Gasteiger partial charge in [0.15, 0.2) is 18.7 Å². The van der Waals surface area contributed by atoms with Gasteiger partial charge in [0.2, 0.25) is 6.29 Å². The minimum absolute atomic E-state index is 0.0780. The Hall–Kier alpha value is -1.92. The van der Waals surface area contributed by atoms with Crippen LogP contribution in [0.1, 0.15) is 106 Å². The van der Waals surface area contributed by atoms with Gasteiger partial charge in [0.05, 0.1) is 30.8 Å². The summed E-state index contributed by atoms with van der Waals surface area (Å²) in [6, 6.07) is 0. The van der Waals surface area contributed by atoms with Gasteiger partial charge < -0.3 is 84.6 Å². The van der Waals surface area contributed by atoms with Crippen molar-refractivity contribution in [2.24, 2.45) is 50.2 Å². The van der Waals surface area contributed by atoms with Crippen LogP contribution in [0.25, 0.3) is 0 Å². The lowest BCUT2D eigenvalue weighted by atomic mass is 9.33. The van der Waals surface area contributed by atoms with E-state index in [1.807, 2.05) is 13.8 Å². The second kappa shape index (κ2) is 17.4. The van der Waals surface area contributed by atoms with Gasteiger partial charge >= 0.3 is 11.9 Å². The summed E-state index contributed by atoms with van der Waals surface area (Å²) in [5.41, 5.74) is -2.02. The van der Waals surface area contributed by atoms with Gasteiger partial charge in [-0.15, -0.1) is 0 Å². The molecule has 19 nitrogen and oxygen atoms in total. The Morgan fingerprint density at radius 2 is 1.39 bits per heavy atom. The maximum absolute atomic E-state index is 14.7. The molecule has 3 heterocycles. The van der Waals surface area contributed by atoms with Crippen LogP contribution in [0.2, 0.25) is 0 Å². The van der Waals surface area contributed by atoms with Gasteiger partial charge in [0.25, 0.3) is 0 Å². The average molecular weight is 943 g/mol. The summed E-state index contributed by atoms with van der Waals surface area (Å²) in [6.07, 6.45) is -17.1. The highest BCUT2D eigenvalue weighted by Gasteiger charge is 2.71. The zero-order chi connectivity index (χ0) is 48.4. The average Bonchev–Trinajstić information content (AvgIpc) is 3.25. The minimum Gasteiger partial charge on any atom is -0.479 e. The summed E-state index contributed by atoms with van der Waals surface area (Å²) in [5, 5.41) is 116. The molecule has 0 spiro atoms. The van der Waals surface area contributed by atoms with E-state index in [1.165, 1.54) is 0 Å². The number of ether oxygens (including phenoxy) is 6. The number of aliphatic hydroxyl groups is 10. The lowest BCUT2D eigenvalue weighted by Gasteiger charge is -2.71. The fourth-order valence-electron chi connectivity index (χ4n) is 14.7. The summed E-state index contributed by atoms with van der Waals surface area (Å²) < 4.78 is 35.4. The third-order valence-corrected chi connectivity index (χ3v) is 19.1. The maximum atomic E-state index is 14.7. The van der Waals surface area contributed by atoms with Crippen LogP contribution >= 0.6 is 0 Å². The predicted molar refractivity (Wildman–Crippen MR) is 226 cm³/mol. The molecule has 8 aliphatic rings. The molecule has 3 aliphatic heterocycles. The van der Waals surface area contributed by atoms with Gasteiger partial charge in [0, 0.05) is 0 Å². The Morgan fingerprint density at radius 3 is 2.06 bits per heavy atom. The first-order chi connectivity index (χ1) is 30.7. The van der Waals surface area contributed by atoms with Crippen molar-refractivity contribution in [3.63, 3.8) is 0 Å². The van der Waals surface area contributed by atoms with Crippen molar-refractivity contribution < 1.29 is 94.2 Å². The number of hydrogen-bond acceptors (Lipinski definition) is 18. The van der Waals surface area contributed by atoms with Gasteiger partial charge in [-0.05, 0) is 103 Å². The normalized spacial score (nSPS) is 53.2. The van der Waals surface area contributed by atoms with Crippen LogP contribution in [-0.2, 0) is 38.0 Å². The maximum Gasteiger partial charge on any atom is 0.335 e. The third kappa shape index (κ3) is 7.64. The molecule has 0 bridgehead atoms. The molecule has 3 saturated heterocycles. The molecule has 4 saturated carbocycles. The van der Waals surface area contributed by atoms with Crippen molar-refractivity contribution in [3.8, 4) is 0 Å². The molecule has 0 amide bonds. The van der Waals surface area contributed by atoms with Crippen LogP contribution in [0, 0.1) is 50.2 Å². The Morgan fingerprint density at radius 1 is 0.712 bits per heavy atom.